The van der Waals surface area contributed by atoms with Crippen LogP contribution in [0.3, 0.4) is 0 Å². The number of amides is 1. The number of hydrogen-bond acceptors (Lipinski definition) is 3. The highest BCUT2D eigenvalue weighted by Crippen LogP contribution is 2.39. The number of rotatable bonds is 2. The third-order valence-corrected chi connectivity index (χ3v) is 4.15. The van der Waals surface area contributed by atoms with Crippen LogP contribution in [0.5, 0.6) is 0 Å². The number of para-hydroxylation sites is 2. The molecule has 0 aliphatic carbocycles. The molecule has 1 aliphatic heterocycles. The summed E-state index contributed by atoms with van der Waals surface area (Å²) >= 11 is 3.54. The molecule has 0 spiro atoms. The van der Waals surface area contributed by atoms with Gasteiger partial charge in [-0.15, -0.1) is 0 Å². The van der Waals surface area contributed by atoms with Crippen LogP contribution >= 0.6 is 15.9 Å². The molecule has 4 nitrogen and oxygen atoms in total. The summed E-state index contributed by atoms with van der Waals surface area (Å²) in [7, 11) is 0. The largest absolute Gasteiger partial charge is 0.389 e. The van der Waals surface area contributed by atoms with Crippen molar-refractivity contribution >= 4 is 38.9 Å². The Morgan fingerprint density at radius 1 is 1.24 bits per heavy atom. The van der Waals surface area contributed by atoms with Gasteiger partial charge in [0.05, 0.1) is 23.2 Å². The van der Waals surface area contributed by atoms with Crippen molar-refractivity contribution in [2.45, 2.75) is 13.0 Å². The van der Waals surface area contributed by atoms with E-state index in [1.165, 1.54) is 0 Å². The fourth-order valence-corrected chi connectivity index (χ4v) is 3.06. The minimum Gasteiger partial charge on any atom is -0.389 e. The number of aliphatic hydroxyl groups excluding tert-OH is 1. The monoisotopic (exact) mass is 346 g/mol. The molecule has 0 bridgehead atoms. The molecule has 1 amide bonds. The SMILES string of the molecule is C[C@H](O)c1ccc(N2CC(=O)Nc3ccccc32)c(Br)c1. The third kappa shape index (κ3) is 2.66. The first kappa shape index (κ1) is 14.1. The summed E-state index contributed by atoms with van der Waals surface area (Å²) in [5, 5.41) is 12.5. The second-order valence-corrected chi connectivity index (χ2v) is 5.89. The number of benzene rings is 2. The molecule has 2 N–H and O–H groups in total. The van der Waals surface area contributed by atoms with Crippen molar-refractivity contribution in [1.82, 2.24) is 0 Å². The van der Waals surface area contributed by atoms with E-state index in [4.69, 9.17) is 0 Å². The van der Waals surface area contributed by atoms with E-state index < -0.39 is 6.10 Å². The molecule has 0 unspecified atom stereocenters. The molecule has 2 aromatic carbocycles. The van der Waals surface area contributed by atoms with Crippen molar-refractivity contribution in [2.24, 2.45) is 0 Å². The number of hydrogen-bond donors (Lipinski definition) is 2. The van der Waals surface area contributed by atoms with E-state index in [0.29, 0.717) is 0 Å². The molecule has 1 aliphatic rings. The maximum absolute atomic E-state index is 11.9. The van der Waals surface area contributed by atoms with E-state index in [0.717, 1.165) is 27.1 Å². The van der Waals surface area contributed by atoms with Crippen LogP contribution in [0.4, 0.5) is 17.1 Å². The second-order valence-electron chi connectivity index (χ2n) is 5.04. The molecule has 2 aromatic rings. The molecule has 1 heterocycles. The van der Waals surface area contributed by atoms with Gasteiger partial charge in [0.25, 0.3) is 0 Å². The summed E-state index contributed by atoms with van der Waals surface area (Å²) in [6.07, 6.45) is -0.521. The highest BCUT2D eigenvalue weighted by atomic mass is 79.9. The van der Waals surface area contributed by atoms with E-state index in [2.05, 4.69) is 21.2 Å². The number of fused-ring (bicyclic) bond motifs is 1. The smallest absolute Gasteiger partial charge is 0.244 e. The standard InChI is InChI=1S/C16H15BrN2O2/c1-10(20)11-6-7-14(12(17)8-11)19-9-16(21)18-13-4-2-3-5-15(13)19/h2-8,10,20H,9H2,1H3,(H,18,21)/t10-/m0/s1. The lowest BCUT2D eigenvalue weighted by atomic mass is 10.1. The van der Waals surface area contributed by atoms with E-state index >= 15 is 0 Å². The maximum Gasteiger partial charge on any atom is 0.244 e. The van der Waals surface area contributed by atoms with Crippen molar-refractivity contribution in [2.75, 3.05) is 16.8 Å². The summed E-state index contributed by atoms with van der Waals surface area (Å²) in [5.74, 6) is -0.0415. The third-order valence-electron chi connectivity index (χ3n) is 3.52. The van der Waals surface area contributed by atoms with Crippen molar-refractivity contribution < 1.29 is 9.90 Å². The minimum atomic E-state index is -0.521. The van der Waals surface area contributed by atoms with Crippen molar-refractivity contribution in [3.8, 4) is 0 Å². The van der Waals surface area contributed by atoms with Crippen LogP contribution in [0, 0.1) is 0 Å². The number of carbonyl (C=O) groups excluding carboxylic acids is 1. The van der Waals surface area contributed by atoms with Crippen LogP contribution in [-0.4, -0.2) is 17.6 Å². The lowest BCUT2D eigenvalue weighted by Crippen LogP contribution is -2.35. The first-order chi connectivity index (χ1) is 10.1. The molecule has 0 aromatic heterocycles. The molecule has 0 radical (unpaired) electrons. The normalized spacial score (nSPS) is 15.4. The molecule has 0 saturated carbocycles. The van der Waals surface area contributed by atoms with Gasteiger partial charge in [-0.3, -0.25) is 4.79 Å². The van der Waals surface area contributed by atoms with Crippen molar-refractivity contribution in [1.29, 1.82) is 0 Å². The molecule has 0 saturated heterocycles. The summed E-state index contributed by atoms with van der Waals surface area (Å²) in [4.78, 5) is 13.9. The lowest BCUT2D eigenvalue weighted by Gasteiger charge is -2.31. The fourth-order valence-electron chi connectivity index (χ4n) is 2.45. The van der Waals surface area contributed by atoms with E-state index in [-0.39, 0.29) is 12.5 Å². The Kier molecular flexibility index (Phi) is 3.69. The van der Waals surface area contributed by atoms with E-state index in [1.807, 2.05) is 47.4 Å². The van der Waals surface area contributed by atoms with Gasteiger partial charge in [0.1, 0.15) is 6.54 Å². The van der Waals surface area contributed by atoms with Gasteiger partial charge in [-0.1, -0.05) is 18.2 Å². The van der Waals surface area contributed by atoms with Crippen LogP contribution < -0.4 is 10.2 Å². The first-order valence-electron chi connectivity index (χ1n) is 6.70. The predicted molar refractivity (Wildman–Crippen MR) is 86.9 cm³/mol. The summed E-state index contributed by atoms with van der Waals surface area (Å²) in [5.41, 5.74) is 3.50. The van der Waals surface area contributed by atoms with Gasteiger partial charge in [-0.25, -0.2) is 0 Å². The predicted octanol–water partition coefficient (Wildman–Crippen LogP) is 3.59. The molecule has 5 heteroatoms. The Bertz CT molecular complexity index is 700. The van der Waals surface area contributed by atoms with Crippen LogP contribution in [0.1, 0.15) is 18.6 Å². The van der Waals surface area contributed by atoms with Gasteiger partial charge < -0.3 is 15.3 Å². The number of carbonyl (C=O) groups is 1. The average Bonchev–Trinajstić information content (AvgIpc) is 2.46. The Hall–Kier alpha value is -1.85. The summed E-state index contributed by atoms with van der Waals surface area (Å²) < 4.78 is 0.852. The van der Waals surface area contributed by atoms with Crippen LogP contribution in [0.15, 0.2) is 46.9 Å². The second kappa shape index (κ2) is 5.50. The zero-order valence-electron chi connectivity index (χ0n) is 11.5. The quantitative estimate of drug-likeness (QED) is 0.873. The molecular formula is C16H15BrN2O2. The van der Waals surface area contributed by atoms with E-state index in [1.54, 1.807) is 6.92 Å². The number of nitrogens with zero attached hydrogens (tertiary/aromatic N) is 1. The van der Waals surface area contributed by atoms with Crippen molar-refractivity contribution in [3.63, 3.8) is 0 Å². The number of nitrogens with one attached hydrogen (secondary N) is 1. The summed E-state index contributed by atoms with van der Waals surface area (Å²) in [6, 6.07) is 13.4. The molecule has 0 fully saturated rings. The van der Waals surface area contributed by atoms with Crippen LogP contribution in [0.2, 0.25) is 0 Å². The molecule has 21 heavy (non-hydrogen) atoms. The number of anilines is 3. The lowest BCUT2D eigenvalue weighted by molar-refractivity contribution is -0.115. The van der Waals surface area contributed by atoms with Gasteiger partial charge in [0.15, 0.2) is 0 Å². The Labute approximate surface area is 131 Å². The van der Waals surface area contributed by atoms with Gasteiger partial charge >= 0.3 is 0 Å². The minimum absolute atomic E-state index is 0.0415. The fraction of sp³-hybridized carbons (Fsp3) is 0.188. The Morgan fingerprint density at radius 3 is 2.71 bits per heavy atom. The zero-order chi connectivity index (χ0) is 15.0. The van der Waals surface area contributed by atoms with Gasteiger partial charge in [-0.05, 0) is 52.7 Å². The van der Waals surface area contributed by atoms with Gasteiger partial charge in [0.2, 0.25) is 5.91 Å². The molecule has 1 atom stereocenters. The molecule has 3 rings (SSSR count). The zero-order valence-corrected chi connectivity index (χ0v) is 13.1. The highest BCUT2D eigenvalue weighted by Gasteiger charge is 2.24. The molecular weight excluding hydrogens is 332 g/mol. The Morgan fingerprint density at radius 2 is 2.00 bits per heavy atom. The van der Waals surface area contributed by atoms with Crippen LogP contribution in [-0.2, 0) is 4.79 Å². The average molecular weight is 347 g/mol. The van der Waals surface area contributed by atoms with Crippen molar-refractivity contribution in [3.05, 3.63) is 52.5 Å². The number of halogens is 1. The Balaban J connectivity index is 2.07. The number of aliphatic hydroxyl groups is 1. The van der Waals surface area contributed by atoms with Gasteiger partial charge in [0, 0.05) is 4.47 Å². The molecule has 108 valence electrons. The van der Waals surface area contributed by atoms with Crippen LogP contribution in [0.25, 0.3) is 0 Å². The van der Waals surface area contributed by atoms with Gasteiger partial charge in [-0.2, -0.15) is 0 Å². The van der Waals surface area contributed by atoms with E-state index in [9.17, 15) is 9.90 Å². The topological polar surface area (TPSA) is 52.6 Å². The summed E-state index contributed by atoms with van der Waals surface area (Å²) in [6.45, 7) is 1.99. The first-order valence-corrected chi connectivity index (χ1v) is 7.49. The maximum atomic E-state index is 11.9. The highest BCUT2D eigenvalue weighted by molar-refractivity contribution is 9.10.